The number of rotatable bonds is 13. The van der Waals surface area contributed by atoms with Crippen LogP contribution in [0.4, 0.5) is 0 Å². The van der Waals surface area contributed by atoms with Crippen LogP contribution in [-0.4, -0.2) is 270 Å². The molecule has 5 rings (SSSR count). The Bertz CT molecular complexity index is 1600. The van der Waals surface area contributed by atoms with E-state index < -0.39 is 183 Å². The predicted octanol–water partition coefficient (Wildman–Crippen LogP) is -11.5. The molecule has 0 aromatic heterocycles. The van der Waals surface area contributed by atoms with Crippen LogP contribution in [0.3, 0.4) is 0 Å². The molecule has 5 saturated heterocycles. The van der Waals surface area contributed by atoms with Crippen molar-refractivity contribution in [3.63, 3.8) is 0 Å². The highest BCUT2D eigenvalue weighted by molar-refractivity contribution is 5.75. The fourth-order valence-electron chi connectivity index (χ4n) is 6.88. The average Bonchev–Trinajstić information content (AvgIpc) is 3.18. The summed E-state index contributed by atoms with van der Waals surface area (Å²) in [6.07, 6.45) is -59.6. The molecule has 0 amide bonds. The molecular formula is C30H42O31. The second-order valence-corrected chi connectivity index (χ2v) is 14.1. The van der Waals surface area contributed by atoms with Gasteiger partial charge in [-0.3, -0.25) is 0 Å². The minimum atomic E-state index is -2.56. The largest absolute Gasteiger partial charge is 0.479 e. The van der Waals surface area contributed by atoms with Crippen molar-refractivity contribution in [1.82, 2.24) is 0 Å². The topological polar surface area (TPSA) is 512 Å². The molecule has 0 aromatic rings. The summed E-state index contributed by atoms with van der Waals surface area (Å²) in [5.41, 5.74) is 0. The molecule has 5 heterocycles. The van der Waals surface area contributed by atoms with E-state index in [2.05, 4.69) is 4.74 Å². The average molecular weight is 899 g/mol. The maximum atomic E-state index is 12.3. The van der Waals surface area contributed by atoms with E-state index >= 15 is 0 Å². The SMILES string of the molecule is O=C(O)C1O[C@@H](O[C@@H]2C(C(=O)O)O[C@@H](O[C@@H]3C(C(=O)O)O[C@@H](O[C@@H]4C(C(=O)O)O[C@@H](O[C@@H]5C(C(=O)O)O[C@@H](O)C(O)[C@@H]5O)C(O)[C@@H]4O)C(O)[C@@H]3O)C(O)[C@@H]2O)C(O)[C@H](O)[C@@H]1O. The molecule has 5 aliphatic rings. The van der Waals surface area contributed by atoms with Gasteiger partial charge in [0.05, 0.1) is 0 Å². The second kappa shape index (κ2) is 19.1. The zero-order valence-electron chi connectivity index (χ0n) is 30.3. The van der Waals surface area contributed by atoms with Gasteiger partial charge in [0, 0.05) is 0 Å². The summed E-state index contributed by atoms with van der Waals surface area (Å²) in [5.74, 6) is -9.88. The van der Waals surface area contributed by atoms with E-state index in [1.165, 1.54) is 0 Å². The number of carboxylic acids is 5. The van der Waals surface area contributed by atoms with Gasteiger partial charge in [0.2, 0.25) is 0 Å². The molecule has 17 N–H and O–H groups in total. The molecule has 5 fully saturated rings. The van der Waals surface area contributed by atoms with Crippen molar-refractivity contribution in [2.45, 2.75) is 154 Å². The van der Waals surface area contributed by atoms with Crippen LogP contribution in [-0.2, 0) is 66.6 Å². The summed E-state index contributed by atoms with van der Waals surface area (Å²) in [6, 6.07) is 0. The van der Waals surface area contributed by atoms with Crippen LogP contribution in [0.1, 0.15) is 0 Å². The number of carbonyl (C=O) groups is 5. The van der Waals surface area contributed by atoms with E-state index in [-0.39, 0.29) is 0 Å². The molecule has 61 heavy (non-hydrogen) atoms. The number of carboxylic acid groups (broad SMARTS) is 5. The Balaban J connectivity index is 1.30. The van der Waals surface area contributed by atoms with E-state index in [1.54, 1.807) is 0 Å². The van der Waals surface area contributed by atoms with Crippen LogP contribution in [0.5, 0.6) is 0 Å². The molecule has 348 valence electrons. The van der Waals surface area contributed by atoms with E-state index in [9.17, 15) is 111 Å². The van der Waals surface area contributed by atoms with Crippen LogP contribution in [0.2, 0.25) is 0 Å². The summed E-state index contributed by atoms with van der Waals surface area (Å²) >= 11 is 0. The van der Waals surface area contributed by atoms with Gasteiger partial charge in [0.15, 0.2) is 62.0 Å². The Kier molecular flexibility index (Phi) is 15.2. The van der Waals surface area contributed by atoms with Crippen molar-refractivity contribution < 1.29 is 153 Å². The van der Waals surface area contributed by atoms with Gasteiger partial charge in [-0.1, -0.05) is 0 Å². The third-order valence-corrected chi connectivity index (χ3v) is 10.1. The lowest BCUT2D eigenvalue weighted by Gasteiger charge is -2.48. The molecule has 31 heteroatoms. The maximum absolute atomic E-state index is 12.3. The van der Waals surface area contributed by atoms with Crippen LogP contribution in [0.25, 0.3) is 0 Å². The minimum Gasteiger partial charge on any atom is -0.479 e. The molecule has 0 aliphatic carbocycles. The van der Waals surface area contributed by atoms with Gasteiger partial charge >= 0.3 is 29.8 Å². The fourth-order valence-corrected chi connectivity index (χ4v) is 6.88. The predicted molar refractivity (Wildman–Crippen MR) is 169 cm³/mol. The highest BCUT2D eigenvalue weighted by Crippen LogP contribution is 2.36. The summed E-state index contributed by atoms with van der Waals surface area (Å²) < 4.78 is 45.9. The molecule has 5 aliphatic heterocycles. The van der Waals surface area contributed by atoms with Gasteiger partial charge in [-0.15, -0.1) is 0 Å². The second-order valence-electron chi connectivity index (χ2n) is 14.1. The van der Waals surface area contributed by atoms with Crippen molar-refractivity contribution in [3.05, 3.63) is 0 Å². The van der Waals surface area contributed by atoms with Crippen molar-refractivity contribution in [2.75, 3.05) is 0 Å². The molecule has 25 atom stereocenters. The van der Waals surface area contributed by atoms with Gasteiger partial charge in [-0.2, -0.15) is 0 Å². The first-order chi connectivity index (χ1) is 28.4. The summed E-state index contributed by atoms with van der Waals surface area (Å²) in [7, 11) is 0. The highest BCUT2D eigenvalue weighted by atomic mass is 16.8. The van der Waals surface area contributed by atoms with Crippen LogP contribution in [0.15, 0.2) is 0 Å². The van der Waals surface area contributed by atoms with Gasteiger partial charge in [-0.05, 0) is 0 Å². The molecule has 0 radical (unpaired) electrons. The third kappa shape index (κ3) is 9.56. The van der Waals surface area contributed by atoms with E-state index in [0.29, 0.717) is 0 Å². The molecule has 0 aromatic carbocycles. The lowest BCUT2D eigenvalue weighted by atomic mass is 9.95. The van der Waals surface area contributed by atoms with Crippen LogP contribution in [0, 0.1) is 0 Å². The fraction of sp³-hybridized carbons (Fsp3) is 0.833. The first-order valence-corrected chi connectivity index (χ1v) is 17.6. The Labute approximate surface area is 337 Å². The van der Waals surface area contributed by atoms with Crippen LogP contribution >= 0.6 is 0 Å². The third-order valence-electron chi connectivity index (χ3n) is 10.1. The minimum absolute atomic E-state index is 1.87. The van der Waals surface area contributed by atoms with Crippen molar-refractivity contribution in [2.24, 2.45) is 0 Å². The lowest BCUT2D eigenvalue weighted by Crippen LogP contribution is -2.69. The van der Waals surface area contributed by atoms with Gasteiger partial charge < -0.3 is 129 Å². The Morgan fingerprint density at radius 3 is 0.787 bits per heavy atom. The zero-order valence-corrected chi connectivity index (χ0v) is 30.3. The molecule has 10 unspecified atom stereocenters. The molecule has 31 nitrogen and oxygen atoms in total. The standard InChI is InChI=1S/C30H42O31/c31-1-2(32)16(21(42)43)58-27(8(1)38)55-13-4(34)10(40)29(60-18(13)23(46)47)57-15-6(36)11(41)30(61-20(15)25(50)51)56-14-5(35)9(39)28(59-19(14)24(48)49)54-12-3(33)7(37)26(52)53-17(12)22(44)45/h1-20,26-41,52H,(H,42,43)(H,44,45)(H,46,47)(H,48,49)(H,50,51)/t1-,2+,3+,4+,5+,6+,7?,8?,9?,10?,11?,12+,13+,14+,15+,16?,17?,18?,19?,20?,26-,27-,28-,29-,30-/m1/s1. The van der Waals surface area contributed by atoms with E-state index in [1.807, 2.05) is 0 Å². The summed E-state index contributed by atoms with van der Waals surface area (Å²) in [4.78, 5) is 59.9. The summed E-state index contributed by atoms with van der Waals surface area (Å²) in [6.45, 7) is 0. The van der Waals surface area contributed by atoms with Crippen LogP contribution < -0.4 is 0 Å². The molecular weight excluding hydrogens is 856 g/mol. The molecule has 0 spiro atoms. The summed E-state index contributed by atoms with van der Waals surface area (Å²) in [5, 5.41) is 174. The zero-order chi connectivity index (χ0) is 45.7. The van der Waals surface area contributed by atoms with Crippen molar-refractivity contribution >= 4 is 29.8 Å². The lowest BCUT2D eigenvalue weighted by molar-refractivity contribution is -0.383. The number of hydrogen-bond donors (Lipinski definition) is 17. The number of ether oxygens (including phenoxy) is 9. The van der Waals surface area contributed by atoms with Gasteiger partial charge in [0.1, 0.15) is 91.6 Å². The Hall–Kier alpha value is -3.49. The van der Waals surface area contributed by atoms with Crippen molar-refractivity contribution in [1.29, 1.82) is 0 Å². The maximum Gasteiger partial charge on any atom is 0.335 e. The first kappa shape index (κ1) is 48.5. The Morgan fingerprint density at radius 2 is 0.508 bits per heavy atom. The van der Waals surface area contributed by atoms with E-state index in [0.717, 1.165) is 0 Å². The first-order valence-electron chi connectivity index (χ1n) is 17.6. The monoisotopic (exact) mass is 898 g/mol. The number of aliphatic carboxylic acids is 5. The van der Waals surface area contributed by atoms with Gasteiger partial charge in [-0.25, -0.2) is 24.0 Å². The highest BCUT2D eigenvalue weighted by Gasteiger charge is 2.59. The van der Waals surface area contributed by atoms with Gasteiger partial charge in [0.25, 0.3) is 0 Å². The number of aliphatic hydroxyl groups is 12. The normalized spacial score (nSPS) is 49.4. The quantitative estimate of drug-likeness (QED) is 0.0816. The van der Waals surface area contributed by atoms with E-state index in [4.69, 9.17) is 37.9 Å². The number of hydrogen-bond acceptors (Lipinski definition) is 26. The van der Waals surface area contributed by atoms with Crippen molar-refractivity contribution in [3.8, 4) is 0 Å². The molecule has 0 bridgehead atoms. The Morgan fingerprint density at radius 1 is 0.279 bits per heavy atom. The number of aliphatic hydroxyl groups excluding tert-OH is 12. The molecule has 0 saturated carbocycles. The smallest absolute Gasteiger partial charge is 0.335 e.